The first-order valence-electron chi connectivity index (χ1n) is 4.86. The van der Waals surface area contributed by atoms with Gasteiger partial charge in [0, 0.05) is 24.8 Å². The van der Waals surface area contributed by atoms with E-state index >= 15 is 0 Å². The largest absolute Gasteiger partial charge is 0.468 e. The fourth-order valence-corrected chi connectivity index (χ4v) is 2.77. The van der Waals surface area contributed by atoms with Crippen LogP contribution < -0.4 is 0 Å². The van der Waals surface area contributed by atoms with Crippen LogP contribution in [-0.2, 0) is 19.7 Å². The van der Waals surface area contributed by atoms with Crippen molar-refractivity contribution in [2.24, 2.45) is 0 Å². The third kappa shape index (κ3) is 1.77. The summed E-state index contributed by atoms with van der Waals surface area (Å²) in [5.41, 5.74) is -0.568. The second-order valence-electron chi connectivity index (χ2n) is 3.52. The molecule has 2 rings (SSSR count). The molecule has 82 valence electrons. The number of nitrogens with zero attached hydrogens (tertiary/aromatic N) is 1. The summed E-state index contributed by atoms with van der Waals surface area (Å²) < 4.78 is 10.2. The maximum atomic E-state index is 11.9. The number of carbonyl (C=O) groups excluding carboxylic acids is 1. The van der Waals surface area contributed by atoms with Gasteiger partial charge in [-0.2, -0.15) is 0 Å². The van der Waals surface area contributed by atoms with Gasteiger partial charge >= 0.3 is 5.97 Å². The topological polar surface area (TPSA) is 48.4 Å². The van der Waals surface area contributed by atoms with Gasteiger partial charge in [-0.15, -0.1) is 11.3 Å². The lowest BCUT2D eigenvalue weighted by atomic mass is 9.81. The summed E-state index contributed by atoms with van der Waals surface area (Å²) in [7, 11) is 1.42. The van der Waals surface area contributed by atoms with Crippen LogP contribution in [0.3, 0.4) is 0 Å². The van der Waals surface area contributed by atoms with Crippen LogP contribution in [-0.4, -0.2) is 31.3 Å². The molecule has 1 aliphatic rings. The Kier molecular flexibility index (Phi) is 3.02. The van der Waals surface area contributed by atoms with Crippen LogP contribution in [0.4, 0.5) is 0 Å². The summed E-state index contributed by atoms with van der Waals surface area (Å²) in [6, 6.07) is 0. The lowest BCUT2D eigenvalue weighted by Gasteiger charge is -2.32. The van der Waals surface area contributed by atoms with Crippen LogP contribution in [0.5, 0.6) is 0 Å². The molecule has 5 heteroatoms. The first-order valence-corrected chi connectivity index (χ1v) is 5.74. The molecule has 0 atom stereocenters. The molecule has 2 heterocycles. The highest BCUT2D eigenvalue weighted by Crippen LogP contribution is 2.36. The average molecular weight is 227 g/mol. The zero-order chi connectivity index (χ0) is 10.7. The summed E-state index contributed by atoms with van der Waals surface area (Å²) in [5, 5.41) is 2.73. The standard InChI is InChI=1S/C10H13NO3S/c1-13-9(12)10(2-5-14-6-3-10)8-11-4-7-15-8/h4,7H,2-3,5-6H2,1H3. The minimum atomic E-state index is -0.568. The van der Waals surface area contributed by atoms with E-state index in [0.717, 1.165) is 5.01 Å². The number of ether oxygens (including phenoxy) is 2. The molecule has 1 aromatic rings. The SMILES string of the molecule is COC(=O)C1(c2nccs2)CCOCC1. The minimum absolute atomic E-state index is 0.194. The molecule has 0 N–H and O–H groups in total. The number of carbonyl (C=O) groups is 1. The van der Waals surface area contributed by atoms with Crippen molar-refractivity contribution in [3.63, 3.8) is 0 Å². The fraction of sp³-hybridized carbons (Fsp3) is 0.600. The van der Waals surface area contributed by atoms with Crippen LogP contribution in [0.15, 0.2) is 11.6 Å². The van der Waals surface area contributed by atoms with Gasteiger partial charge < -0.3 is 9.47 Å². The Labute approximate surface area is 92.2 Å². The zero-order valence-corrected chi connectivity index (χ0v) is 9.38. The number of rotatable bonds is 2. The highest BCUT2D eigenvalue weighted by molar-refractivity contribution is 7.09. The second-order valence-corrected chi connectivity index (χ2v) is 4.42. The van der Waals surface area contributed by atoms with Crippen molar-refractivity contribution < 1.29 is 14.3 Å². The third-order valence-electron chi connectivity index (χ3n) is 2.76. The molecule has 1 aromatic heterocycles. The van der Waals surface area contributed by atoms with E-state index in [2.05, 4.69) is 4.98 Å². The lowest BCUT2D eigenvalue weighted by molar-refractivity contribution is -0.151. The van der Waals surface area contributed by atoms with E-state index in [4.69, 9.17) is 9.47 Å². The van der Waals surface area contributed by atoms with E-state index in [1.165, 1.54) is 18.4 Å². The van der Waals surface area contributed by atoms with Gasteiger partial charge in [-0.25, -0.2) is 4.98 Å². The van der Waals surface area contributed by atoms with Crippen LogP contribution in [0, 0.1) is 0 Å². The number of esters is 1. The first-order chi connectivity index (χ1) is 7.29. The van der Waals surface area contributed by atoms with E-state index < -0.39 is 5.41 Å². The number of methoxy groups -OCH3 is 1. The monoisotopic (exact) mass is 227 g/mol. The van der Waals surface area contributed by atoms with E-state index in [-0.39, 0.29) is 5.97 Å². The van der Waals surface area contributed by atoms with Crippen molar-refractivity contribution in [3.05, 3.63) is 16.6 Å². The molecule has 15 heavy (non-hydrogen) atoms. The van der Waals surface area contributed by atoms with Crippen molar-refractivity contribution in [1.29, 1.82) is 0 Å². The molecule has 0 bridgehead atoms. The highest BCUT2D eigenvalue weighted by atomic mass is 32.1. The predicted octanol–water partition coefficient (Wildman–Crippen LogP) is 1.36. The molecule has 0 saturated carbocycles. The van der Waals surface area contributed by atoms with Crippen LogP contribution in [0.2, 0.25) is 0 Å². The molecule has 1 fully saturated rings. The number of hydrogen-bond acceptors (Lipinski definition) is 5. The third-order valence-corrected chi connectivity index (χ3v) is 3.74. The molecule has 0 spiro atoms. The Balaban J connectivity index is 2.34. The second kappa shape index (κ2) is 4.28. The van der Waals surface area contributed by atoms with Gasteiger partial charge in [0.1, 0.15) is 10.4 Å². The summed E-state index contributed by atoms with van der Waals surface area (Å²) in [6.45, 7) is 1.18. The van der Waals surface area contributed by atoms with E-state index in [0.29, 0.717) is 26.1 Å². The molecule has 1 aliphatic heterocycles. The van der Waals surface area contributed by atoms with Gasteiger partial charge in [-0.05, 0) is 12.8 Å². The Morgan fingerprint density at radius 3 is 2.87 bits per heavy atom. The molecule has 0 radical (unpaired) electrons. The highest BCUT2D eigenvalue weighted by Gasteiger charge is 2.45. The first kappa shape index (κ1) is 10.6. The smallest absolute Gasteiger partial charge is 0.318 e. The Hall–Kier alpha value is -0.940. The summed E-state index contributed by atoms with van der Waals surface area (Å²) in [5.74, 6) is -0.194. The molecular formula is C10H13NO3S. The number of aromatic nitrogens is 1. The van der Waals surface area contributed by atoms with E-state index in [1.54, 1.807) is 6.20 Å². The molecular weight excluding hydrogens is 214 g/mol. The van der Waals surface area contributed by atoms with E-state index in [9.17, 15) is 4.79 Å². The van der Waals surface area contributed by atoms with Gasteiger partial charge in [-0.3, -0.25) is 4.79 Å². The summed E-state index contributed by atoms with van der Waals surface area (Å²) in [4.78, 5) is 16.1. The lowest BCUT2D eigenvalue weighted by Crippen LogP contribution is -2.42. The Morgan fingerprint density at radius 1 is 1.60 bits per heavy atom. The van der Waals surface area contributed by atoms with Gasteiger partial charge in [-0.1, -0.05) is 0 Å². The van der Waals surface area contributed by atoms with Crippen molar-refractivity contribution in [1.82, 2.24) is 4.98 Å². The van der Waals surface area contributed by atoms with Crippen LogP contribution >= 0.6 is 11.3 Å². The summed E-state index contributed by atoms with van der Waals surface area (Å²) >= 11 is 1.50. The minimum Gasteiger partial charge on any atom is -0.468 e. The predicted molar refractivity (Wildman–Crippen MR) is 55.9 cm³/mol. The Bertz CT molecular complexity index is 330. The zero-order valence-electron chi connectivity index (χ0n) is 8.56. The fourth-order valence-electron chi connectivity index (χ4n) is 1.88. The van der Waals surface area contributed by atoms with E-state index in [1.807, 2.05) is 5.38 Å². The van der Waals surface area contributed by atoms with Crippen LogP contribution in [0.1, 0.15) is 17.8 Å². The average Bonchev–Trinajstić information content (AvgIpc) is 2.83. The maximum Gasteiger partial charge on any atom is 0.318 e. The molecule has 4 nitrogen and oxygen atoms in total. The summed E-state index contributed by atoms with van der Waals surface area (Å²) in [6.07, 6.45) is 3.04. The number of hydrogen-bond donors (Lipinski definition) is 0. The van der Waals surface area contributed by atoms with Crippen LogP contribution in [0.25, 0.3) is 0 Å². The molecule has 0 amide bonds. The molecule has 0 aliphatic carbocycles. The Morgan fingerprint density at radius 2 is 2.33 bits per heavy atom. The maximum absolute atomic E-state index is 11.9. The van der Waals surface area contributed by atoms with Crippen molar-refractivity contribution in [3.8, 4) is 0 Å². The molecule has 1 saturated heterocycles. The van der Waals surface area contributed by atoms with Gasteiger partial charge in [0.25, 0.3) is 0 Å². The normalized spacial score (nSPS) is 19.8. The number of thiazole rings is 1. The van der Waals surface area contributed by atoms with Crippen molar-refractivity contribution in [2.75, 3.05) is 20.3 Å². The van der Waals surface area contributed by atoms with Gasteiger partial charge in [0.2, 0.25) is 0 Å². The van der Waals surface area contributed by atoms with Gasteiger partial charge in [0.15, 0.2) is 0 Å². The van der Waals surface area contributed by atoms with Gasteiger partial charge in [0.05, 0.1) is 7.11 Å². The molecule has 0 unspecified atom stereocenters. The van der Waals surface area contributed by atoms with Crippen molar-refractivity contribution in [2.45, 2.75) is 18.3 Å². The molecule has 0 aromatic carbocycles. The van der Waals surface area contributed by atoms with Crippen molar-refractivity contribution >= 4 is 17.3 Å². The quantitative estimate of drug-likeness (QED) is 0.716.